The molecule has 3 fully saturated rings. The zero-order valence-electron chi connectivity index (χ0n) is 16.6. The predicted molar refractivity (Wildman–Crippen MR) is 109 cm³/mol. The number of carbonyl (C=O) groups excluding carboxylic acids is 1. The number of hydrogen-bond acceptors (Lipinski definition) is 6. The molecule has 0 aromatic heterocycles. The topological polar surface area (TPSA) is 97.1 Å². The van der Waals surface area contributed by atoms with Crippen molar-refractivity contribution in [2.45, 2.75) is 32.0 Å². The third kappa shape index (κ3) is 4.84. The van der Waals surface area contributed by atoms with Gasteiger partial charge in [-0.2, -0.15) is 0 Å². The van der Waals surface area contributed by atoms with Gasteiger partial charge in [-0.3, -0.25) is 4.79 Å². The molecule has 1 amide bonds. The number of nitrogens with one attached hydrogen (secondary N) is 1. The average Bonchev–Trinajstić information content (AvgIpc) is 3.65. The molecule has 0 radical (unpaired) electrons. The molecule has 1 aromatic carbocycles. The summed E-state index contributed by atoms with van der Waals surface area (Å²) < 4.78 is 11.4. The molecule has 7 heteroatoms. The van der Waals surface area contributed by atoms with Crippen LogP contribution in [0.2, 0.25) is 0 Å². The van der Waals surface area contributed by atoms with Gasteiger partial charge in [-0.25, -0.2) is 0 Å². The number of ether oxygens (including phenoxy) is 2. The number of amides is 1. The van der Waals surface area contributed by atoms with Crippen LogP contribution < -0.4 is 16.0 Å². The lowest BCUT2D eigenvalue weighted by atomic mass is 10.1. The molecule has 154 valence electrons. The summed E-state index contributed by atoms with van der Waals surface area (Å²) in [6.45, 7) is 1.85. The number of likely N-dealkylation sites (N-methyl/N-ethyl adjacent to an activating group) is 1. The number of nitrogens with zero attached hydrogens (tertiary/aromatic N) is 1. The molecule has 1 spiro atoms. The van der Waals surface area contributed by atoms with Crippen molar-refractivity contribution < 1.29 is 19.4 Å². The fourth-order valence-corrected chi connectivity index (χ4v) is 3.13. The Hall–Kier alpha value is -2.69. The fourth-order valence-electron chi connectivity index (χ4n) is 3.13. The molecule has 4 rings (SSSR count). The first kappa shape index (κ1) is 19.6. The van der Waals surface area contributed by atoms with Gasteiger partial charge in [0.15, 0.2) is 6.29 Å². The Kier molecular flexibility index (Phi) is 5.39. The highest BCUT2D eigenvalue weighted by atomic mass is 16.7. The lowest BCUT2D eigenvalue weighted by Crippen LogP contribution is -2.39. The molecule has 1 saturated heterocycles. The number of nitrogens with two attached hydrogens (primary N) is 1. The highest BCUT2D eigenvalue weighted by Crippen LogP contribution is 2.48. The maximum Gasteiger partial charge on any atom is 0.275 e. The number of carbonyl (C=O) groups is 1. The molecule has 1 heterocycles. The van der Waals surface area contributed by atoms with Crippen LogP contribution in [-0.4, -0.2) is 44.1 Å². The molecule has 2 aliphatic carbocycles. The van der Waals surface area contributed by atoms with E-state index >= 15 is 0 Å². The van der Waals surface area contributed by atoms with Crippen molar-refractivity contribution in [3.05, 3.63) is 35.7 Å². The van der Waals surface area contributed by atoms with E-state index in [1.54, 1.807) is 25.2 Å². The second kappa shape index (κ2) is 7.97. The molecule has 7 nitrogen and oxygen atoms in total. The predicted octanol–water partition coefficient (Wildman–Crippen LogP) is 1.66. The lowest BCUT2D eigenvalue weighted by molar-refractivity contribution is -0.203. The quantitative estimate of drug-likeness (QED) is 0.517. The number of anilines is 1. The lowest BCUT2D eigenvalue weighted by Gasteiger charge is -2.29. The van der Waals surface area contributed by atoms with E-state index in [1.807, 2.05) is 0 Å². The molecule has 1 aromatic rings. The normalized spacial score (nSPS) is 20.7. The van der Waals surface area contributed by atoms with E-state index in [0.717, 1.165) is 31.6 Å². The van der Waals surface area contributed by atoms with Crippen LogP contribution in [0.5, 0.6) is 5.75 Å². The van der Waals surface area contributed by atoms with Crippen molar-refractivity contribution in [3.8, 4) is 17.6 Å². The van der Waals surface area contributed by atoms with Crippen LogP contribution in [-0.2, 0) is 14.3 Å². The number of phenols is 1. The number of rotatable bonds is 5. The van der Waals surface area contributed by atoms with E-state index in [1.165, 1.54) is 23.9 Å². The van der Waals surface area contributed by atoms with Gasteiger partial charge in [0.25, 0.3) is 5.91 Å². The Morgan fingerprint density at radius 2 is 2.10 bits per heavy atom. The van der Waals surface area contributed by atoms with Crippen LogP contribution in [0.1, 0.15) is 31.2 Å². The zero-order valence-corrected chi connectivity index (χ0v) is 16.6. The van der Waals surface area contributed by atoms with E-state index in [2.05, 4.69) is 17.2 Å². The Labute approximate surface area is 170 Å². The maximum atomic E-state index is 12.6. The molecule has 29 heavy (non-hydrogen) atoms. The number of benzene rings is 1. The summed E-state index contributed by atoms with van der Waals surface area (Å²) in [6, 6.07) is 4.97. The first-order valence-corrected chi connectivity index (χ1v) is 10.0. The van der Waals surface area contributed by atoms with E-state index in [4.69, 9.17) is 15.2 Å². The van der Waals surface area contributed by atoms with Crippen LogP contribution in [0.15, 0.2) is 30.1 Å². The standard InChI is InChI=1S/C22H27N3O4/c1-25(18-10-16(6-7-19(18)26)5-4-15-2-3-15)21(27)17(23)11-24-12-20-28-13-22(8-9-22)14-29-20/h6-7,10-11,15,20,24,26H,2-3,8-9,12-14,23H2,1H3/b17-11-. The van der Waals surface area contributed by atoms with Crippen LogP contribution in [0, 0.1) is 23.2 Å². The SMILES string of the molecule is CN(C(=O)/C(N)=C/NCC1OCC2(CC2)CO1)c1cc(C#CC2CC2)ccc1O. The second-order valence-electron chi connectivity index (χ2n) is 8.17. The summed E-state index contributed by atoms with van der Waals surface area (Å²) in [7, 11) is 1.57. The summed E-state index contributed by atoms with van der Waals surface area (Å²) in [5, 5.41) is 13.2. The van der Waals surface area contributed by atoms with Gasteiger partial charge in [0.1, 0.15) is 11.4 Å². The van der Waals surface area contributed by atoms with Crippen molar-refractivity contribution in [2.75, 3.05) is 31.7 Å². The van der Waals surface area contributed by atoms with Crippen molar-refractivity contribution >= 4 is 11.6 Å². The molecular weight excluding hydrogens is 370 g/mol. The van der Waals surface area contributed by atoms with Crippen LogP contribution in [0.3, 0.4) is 0 Å². The molecule has 4 N–H and O–H groups in total. The summed E-state index contributed by atoms with van der Waals surface area (Å²) >= 11 is 0. The average molecular weight is 397 g/mol. The monoisotopic (exact) mass is 397 g/mol. The molecular formula is C22H27N3O4. The van der Waals surface area contributed by atoms with Gasteiger partial charge in [0, 0.05) is 30.1 Å². The minimum Gasteiger partial charge on any atom is -0.506 e. The smallest absolute Gasteiger partial charge is 0.275 e. The largest absolute Gasteiger partial charge is 0.506 e. The highest BCUT2D eigenvalue weighted by Gasteiger charge is 2.46. The van der Waals surface area contributed by atoms with E-state index in [0.29, 0.717) is 18.2 Å². The molecule has 0 unspecified atom stereocenters. The summed E-state index contributed by atoms with van der Waals surface area (Å²) in [5.41, 5.74) is 7.33. The Morgan fingerprint density at radius 1 is 1.38 bits per heavy atom. The molecule has 0 bridgehead atoms. The van der Waals surface area contributed by atoms with Crippen molar-refractivity contribution in [3.63, 3.8) is 0 Å². The number of hydrogen-bond donors (Lipinski definition) is 3. The Balaban J connectivity index is 1.33. The van der Waals surface area contributed by atoms with Crippen LogP contribution >= 0.6 is 0 Å². The molecule has 2 saturated carbocycles. The Morgan fingerprint density at radius 3 is 2.76 bits per heavy atom. The van der Waals surface area contributed by atoms with Gasteiger partial charge < -0.3 is 30.5 Å². The second-order valence-corrected chi connectivity index (χ2v) is 8.17. The summed E-state index contributed by atoms with van der Waals surface area (Å²) in [6.07, 6.45) is 5.72. The molecule has 1 aliphatic heterocycles. The Bertz CT molecular complexity index is 868. The van der Waals surface area contributed by atoms with Gasteiger partial charge in [-0.15, -0.1) is 0 Å². The molecule has 3 aliphatic rings. The van der Waals surface area contributed by atoms with Crippen molar-refractivity contribution in [1.29, 1.82) is 0 Å². The van der Waals surface area contributed by atoms with Gasteiger partial charge >= 0.3 is 0 Å². The first-order valence-electron chi connectivity index (χ1n) is 10.0. The zero-order chi connectivity index (χ0) is 20.4. The highest BCUT2D eigenvalue weighted by molar-refractivity contribution is 6.05. The minimum absolute atomic E-state index is 0.00316. The third-order valence-corrected chi connectivity index (χ3v) is 5.54. The van der Waals surface area contributed by atoms with Crippen molar-refractivity contribution in [1.82, 2.24) is 5.32 Å². The number of phenolic OH excluding ortho intramolecular Hbond substituents is 1. The first-order chi connectivity index (χ1) is 14.0. The van der Waals surface area contributed by atoms with Gasteiger partial charge in [-0.05, 0) is 43.9 Å². The number of aromatic hydroxyl groups is 1. The van der Waals surface area contributed by atoms with Gasteiger partial charge in [0.2, 0.25) is 0 Å². The minimum atomic E-state index is -0.428. The summed E-state index contributed by atoms with van der Waals surface area (Å²) in [5.74, 6) is 6.31. The van der Waals surface area contributed by atoms with E-state index in [9.17, 15) is 9.90 Å². The maximum absolute atomic E-state index is 12.6. The van der Waals surface area contributed by atoms with Gasteiger partial charge in [-0.1, -0.05) is 11.8 Å². The molecule has 0 atom stereocenters. The van der Waals surface area contributed by atoms with Gasteiger partial charge in [0.05, 0.1) is 25.4 Å². The van der Waals surface area contributed by atoms with E-state index < -0.39 is 5.91 Å². The van der Waals surface area contributed by atoms with Crippen LogP contribution in [0.4, 0.5) is 5.69 Å². The third-order valence-electron chi connectivity index (χ3n) is 5.54. The van der Waals surface area contributed by atoms with Crippen molar-refractivity contribution in [2.24, 2.45) is 17.1 Å². The fraction of sp³-hybridized carbons (Fsp3) is 0.500. The van der Waals surface area contributed by atoms with E-state index in [-0.39, 0.29) is 23.2 Å². The summed E-state index contributed by atoms with van der Waals surface area (Å²) in [4.78, 5) is 14.0. The van der Waals surface area contributed by atoms with Crippen LogP contribution in [0.25, 0.3) is 0 Å².